The number of hydrogen-bond donors (Lipinski definition) is 0. The third-order valence-corrected chi connectivity index (χ3v) is 3.36. The summed E-state index contributed by atoms with van der Waals surface area (Å²) in [6.07, 6.45) is 7.21. The van der Waals surface area contributed by atoms with E-state index < -0.39 is 0 Å². The molecule has 0 amide bonds. The van der Waals surface area contributed by atoms with Gasteiger partial charge in [0.2, 0.25) is 0 Å². The summed E-state index contributed by atoms with van der Waals surface area (Å²) in [4.78, 5) is 19.6. The molecule has 0 spiro atoms. The van der Waals surface area contributed by atoms with Gasteiger partial charge in [0.25, 0.3) is 0 Å². The van der Waals surface area contributed by atoms with Crippen LogP contribution in [-0.4, -0.2) is 60.0 Å². The molecule has 2 aromatic rings. The largest absolute Gasteiger partial charge is 0.300 e. The van der Waals surface area contributed by atoms with Gasteiger partial charge in [-0.3, -0.25) is 24.9 Å². The van der Waals surface area contributed by atoms with E-state index >= 15 is 0 Å². The van der Waals surface area contributed by atoms with Crippen LogP contribution < -0.4 is 0 Å². The molecule has 2 heterocycles. The highest BCUT2D eigenvalue weighted by Crippen LogP contribution is 1.92. The minimum absolute atomic E-state index is 0.772. The van der Waals surface area contributed by atoms with E-state index in [1.165, 1.54) is 0 Å². The van der Waals surface area contributed by atoms with Crippen molar-refractivity contribution in [2.45, 2.75) is 6.92 Å². The van der Waals surface area contributed by atoms with Gasteiger partial charge < -0.3 is 0 Å². The predicted molar refractivity (Wildman–Crippen MR) is 95.5 cm³/mol. The van der Waals surface area contributed by atoms with Crippen LogP contribution in [0.5, 0.6) is 0 Å². The Balaban J connectivity index is 1.67. The average Bonchev–Trinajstić information content (AvgIpc) is 2.62. The van der Waals surface area contributed by atoms with Crippen LogP contribution >= 0.6 is 0 Å². The lowest BCUT2D eigenvalue weighted by atomic mass is 10.4. The molecule has 0 saturated heterocycles. The normalized spacial score (nSPS) is 11.7. The Labute approximate surface area is 137 Å². The second-order valence-corrected chi connectivity index (χ2v) is 5.01. The molecule has 0 aromatic carbocycles. The number of hydrogen-bond acceptors (Lipinski definition) is 5. The lowest BCUT2D eigenvalue weighted by Gasteiger charge is -2.17. The Morgan fingerprint density at radius 3 is 1.78 bits per heavy atom. The molecular formula is C18H23N5. The maximum atomic E-state index is 4.43. The van der Waals surface area contributed by atoms with Gasteiger partial charge in [0, 0.05) is 37.9 Å². The van der Waals surface area contributed by atoms with Crippen LogP contribution in [0, 0.1) is 0 Å². The van der Waals surface area contributed by atoms with Gasteiger partial charge in [0.15, 0.2) is 0 Å². The monoisotopic (exact) mass is 309 g/mol. The Bertz CT molecular complexity index is 542. The summed E-state index contributed by atoms with van der Waals surface area (Å²) in [5, 5.41) is 0. The summed E-state index contributed by atoms with van der Waals surface area (Å²) in [7, 11) is 0. The quantitative estimate of drug-likeness (QED) is 0.668. The molecule has 0 fully saturated rings. The maximum absolute atomic E-state index is 4.43. The van der Waals surface area contributed by atoms with E-state index in [0.717, 1.165) is 44.1 Å². The molecular weight excluding hydrogens is 286 g/mol. The minimum Gasteiger partial charge on any atom is -0.300 e. The van der Waals surface area contributed by atoms with Crippen LogP contribution in [0.2, 0.25) is 0 Å². The molecule has 5 heteroatoms. The van der Waals surface area contributed by atoms with E-state index in [1.54, 1.807) is 12.4 Å². The van der Waals surface area contributed by atoms with Crippen molar-refractivity contribution in [2.24, 2.45) is 9.98 Å². The average molecular weight is 309 g/mol. The van der Waals surface area contributed by atoms with Crippen molar-refractivity contribution in [3.8, 4) is 0 Å². The first-order valence-electron chi connectivity index (χ1n) is 7.92. The molecule has 0 N–H and O–H groups in total. The standard InChI is InChI=1S/C18H23N5/c1-2-23(13-11-19-15-17-7-3-5-9-21-17)14-12-20-16-18-8-4-6-10-22-18/h3-10,15-16H,2,11-14H2,1H3/b19-15+,20-16+. The Kier molecular flexibility index (Phi) is 7.63. The second kappa shape index (κ2) is 10.3. The van der Waals surface area contributed by atoms with Gasteiger partial charge in [-0.15, -0.1) is 0 Å². The highest BCUT2D eigenvalue weighted by atomic mass is 15.1. The number of nitrogens with zero attached hydrogens (tertiary/aromatic N) is 5. The van der Waals surface area contributed by atoms with Gasteiger partial charge in [-0.1, -0.05) is 19.1 Å². The summed E-state index contributed by atoms with van der Waals surface area (Å²) < 4.78 is 0. The molecule has 0 atom stereocenters. The van der Waals surface area contributed by atoms with Crippen molar-refractivity contribution in [3.63, 3.8) is 0 Å². The molecule has 0 aliphatic rings. The van der Waals surface area contributed by atoms with Crippen LogP contribution in [0.3, 0.4) is 0 Å². The van der Waals surface area contributed by atoms with Crippen LogP contribution in [0.1, 0.15) is 18.3 Å². The molecule has 0 saturated carbocycles. The highest BCUT2D eigenvalue weighted by molar-refractivity contribution is 5.77. The van der Waals surface area contributed by atoms with E-state index in [1.807, 2.05) is 48.8 Å². The number of aliphatic imine (C=N–C) groups is 2. The minimum atomic E-state index is 0.772. The van der Waals surface area contributed by atoms with Crippen molar-refractivity contribution < 1.29 is 0 Å². The fourth-order valence-corrected chi connectivity index (χ4v) is 2.05. The summed E-state index contributed by atoms with van der Waals surface area (Å²) in [5.74, 6) is 0. The molecule has 2 aromatic heterocycles. The van der Waals surface area contributed by atoms with Crippen LogP contribution in [0.25, 0.3) is 0 Å². The lowest BCUT2D eigenvalue weighted by molar-refractivity contribution is 0.305. The molecule has 0 aliphatic heterocycles. The number of aromatic nitrogens is 2. The van der Waals surface area contributed by atoms with Crippen molar-refractivity contribution >= 4 is 12.4 Å². The SMILES string of the molecule is CCN(CC/N=C/c1ccccn1)CC/N=C/c1ccccn1. The molecule has 5 nitrogen and oxygen atoms in total. The number of likely N-dealkylation sites (N-methyl/N-ethyl adjacent to an activating group) is 1. The summed E-state index contributed by atoms with van der Waals surface area (Å²) in [6, 6.07) is 11.6. The van der Waals surface area contributed by atoms with E-state index in [-0.39, 0.29) is 0 Å². The smallest absolute Gasteiger partial charge is 0.0807 e. The molecule has 120 valence electrons. The summed E-state index contributed by atoms with van der Waals surface area (Å²) >= 11 is 0. The first-order valence-corrected chi connectivity index (χ1v) is 7.92. The van der Waals surface area contributed by atoms with Gasteiger partial charge >= 0.3 is 0 Å². The van der Waals surface area contributed by atoms with Crippen molar-refractivity contribution in [2.75, 3.05) is 32.7 Å². The lowest BCUT2D eigenvalue weighted by Crippen LogP contribution is -2.28. The molecule has 2 rings (SSSR count). The van der Waals surface area contributed by atoms with Crippen molar-refractivity contribution in [1.82, 2.24) is 14.9 Å². The first kappa shape index (κ1) is 17.0. The van der Waals surface area contributed by atoms with E-state index in [2.05, 4.69) is 31.8 Å². The predicted octanol–water partition coefficient (Wildman–Crippen LogP) is 2.34. The van der Waals surface area contributed by atoms with Crippen molar-refractivity contribution in [1.29, 1.82) is 0 Å². The van der Waals surface area contributed by atoms with E-state index in [4.69, 9.17) is 0 Å². The van der Waals surface area contributed by atoms with Gasteiger partial charge in [0.05, 0.1) is 24.5 Å². The zero-order chi connectivity index (χ0) is 16.2. The van der Waals surface area contributed by atoms with Gasteiger partial charge in [0.1, 0.15) is 0 Å². The van der Waals surface area contributed by atoms with Crippen LogP contribution in [-0.2, 0) is 0 Å². The topological polar surface area (TPSA) is 53.7 Å². The molecule has 0 unspecified atom stereocenters. The third kappa shape index (κ3) is 6.93. The zero-order valence-corrected chi connectivity index (χ0v) is 13.5. The van der Waals surface area contributed by atoms with Gasteiger partial charge in [-0.05, 0) is 30.8 Å². The molecule has 23 heavy (non-hydrogen) atoms. The summed E-state index contributed by atoms with van der Waals surface area (Å²) in [5.41, 5.74) is 1.80. The van der Waals surface area contributed by atoms with Gasteiger partial charge in [-0.25, -0.2) is 0 Å². The maximum Gasteiger partial charge on any atom is 0.0807 e. The Hall–Kier alpha value is -2.40. The van der Waals surface area contributed by atoms with E-state index in [0.29, 0.717) is 0 Å². The number of pyridine rings is 2. The number of rotatable bonds is 9. The zero-order valence-electron chi connectivity index (χ0n) is 13.5. The first-order chi connectivity index (χ1) is 11.4. The van der Waals surface area contributed by atoms with Crippen molar-refractivity contribution in [3.05, 3.63) is 60.2 Å². The van der Waals surface area contributed by atoms with E-state index in [9.17, 15) is 0 Å². The summed E-state index contributed by atoms with van der Waals surface area (Å²) in [6.45, 7) is 6.56. The fourth-order valence-electron chi connectivity index (χ4n) is 2.05. The Morgan fingerprint density at radius 1 is 0.870 bits per heavy atom. The molecule has 0 bridgehead atoms. The fraction of sp³-hybridized carbons (Fsp3) is 0.333. The third-order valence-electron chi connectivity index (χ3n) is 3.36. The Morgan fingerprint density at radius 2 is 1.39 bits per heavy atom. The van der Waals surface area contributed by atoms with Crippen LogP contribution in [0.4, 0.5) is 0 Å². The highest BCUT2D eigenvalue weighted by Gasteiger charge is 1.99. The molecule has 0 aliphatic carbocycles. The molecule has 0 radical (unpaired) electrons. The van der Waals surface area contributed by atoms with Gasteiger partial charge in [-0.2, -0.15) is 0 Å². The second-order valence-electron chi connectivity index (χ2n) is 5.01. The van der Waals surface area contributed by atoms with Crippen LogP contribution in [0.15, 0.2) is 58.8 Å².